The first-order valence-corrected chi connectivity index (χ1v) is 5.97. The SMILES string of the molecule is O=C1c2ccccc2CN1/C=C/c1ccccc1. The van der Waals surface area contributed by atoms with Gasteiger partial charge in [-0.1, -0.05) is 48.5 Å². The first-order chi connectivity index (χ1) is 8.84. The lowest BCUT2D eigenvalue weighted by Gasteiger charge is -2.08. The maximum atomic E-state index is 12.1. The molecule has 0 saturated heterocycles. The minimum Gasteiger partial charge on any atom is -0.311 e. The highest BCUT2D eigenvalue weighted by Gasteiger charge is 2.24. The standard InChI is InChI=1S/C16H13NO/c18-16-15-9-5-4-8-14(15)12-17(16)11-10-13-6-2-1-3-7-13/h1-11H,12H2/b11-10+. The van der Waals surface area contributed by atoms with Gasteiger partial charge < -0.3 is 4.90 Å². The molecule has 1 aliphatic rings. The van der Waals surface area contributed by atoms with E-state index in [1.807, 2.05) is 66.9 Å². The number of rotatable bonds is 2. The van der Waals surface area contributed by atoms with E-state index in [4.69, 9.17) is 0 Å². The van der Waals surface area contributed by atoms with E-state index in [2.05, 4.69) is 0 Å². The van der Waals surface area contributed by atoms with E-state index in [1.54, 1.807) is 4.90 Å². The molecule has 0 unspecified atom stereocenters. The molecule has 1 amide bonds. The van der Waals surface area contributed by atoms with Gasteiger partial charge in [-0.25, -0.2) is 0 Å². The second kappa shape index (κ2) is 4.49. The van der Waals surface area contributed by atoms with E-state index in [0.29, 0.717) is 6.54 Å². The third kappa shape index (κ3) is 1.93. The molecule has 2 nitrogen and oxygen atoms in total. The lowest BCUT2D eigenvalue weighted by molar-refractivity contribution is 0.0843. The number of carbonyl (C=O) groups excluding carboxylic acids is 1. The summed E-state index contributed by atoms with van der Waals surface area (Å²) >= 11 is 0. The zero-order valence-corrected chi connectivity index (χ0v) is 9.91. The topological polar surface area (TPSA) is 20.3 Å². The Balaban J connectivity index is 1.81. The Kier molecular flexibility index (Phi) is 2.69. The number of hydrogen-bond acceptors (Lipinski definition) is 1. The molecular weight excluding hydrogens is 222 g/mol. The molecule has 0 bridgehead atoms. The molecular formula is C16H13NO. The fourth-order valence-corrected chi connectivity index (χ4v) is 2.14. The Hall–Kier alpha value is -2.35. The van der Waals surface area contributed by atoms with Crippen LogP contribution in [0.25, 0.3) is 6.08 Å². The van der Waals surface area contributed by atoms with Crippen LogP contribution >= 0.6 is 0 Å². The van der Waals surface area contributed by atoms with Crippen molar-refractivity contribution in [3.8, 4) is 0 Å². The molecule has 1 heterocycles. The largest absolute Gasteiger partial charge is 0.311 e. The molecule has 18 heavy (non-hydrogen) atoms. The smallest absolute Gasteiger partial charge is 0.258 e. The van der Waals surface area contributed by atoms with Crippen LogP contribution in [0, 0.1) is 0 Å². The molecule has 0 radical (unpaired) electrons. The van der Waals surface area contributed by atoms with Crippen molar-refractivity contribution in [3.05, 3.63) is 77.5 Å². The number of fused-ring (bicyclic) bond motifs is 1. The predicted molar refractivity (Wildman–Crippen MR) is 71.8 cm³/mol. The zero-order chi connectivity index (χ0) is 12.4. The van der Waals surface area contributed by atoms with E-state index in [1.165, 1.54) is 0 Å². The van der Waals surface area contributed by atoms with E-state index in [0.717, 1.165) is 16.7 Å². The second-order valence-corrected chi connectivity index (χ2v) is 4.32. The molecule has 88 valence electrons. The second-order valence-electron chi connectivity index (χ2n) is 4.32. The van der Waals surface area contributed by atoms with Crippen LogP contribution < -0.4 is 0 Å². The summed E-state index contributed by atoms with van der Waals surface area (Å²) in [7, 11) is 0. The molecule has 0 aliphatic carbocycles. The summed E-state index contributed by atoms with van der Waals surface area (Å²) in [6, 6.07) is 17.7. The van der Waals surface area contributed by atoms with Gasteiger partial charge in [0.05, 0.1) is 6.54 Å². The molecule has 0 spiro atoms. The highest BCUT2D eigenvalue weighted by molar-refractivity contribution is 5.99. The van der Waals surface area contributed by atoms with Crippen molar-refractivity contribution in [2.75, 3.05) is 0 Å². The summed E-state index contributed by atoms with van der Waals surface area (Å²) in [6.45, 7) is 0.665. The minimum absolute atomic E-state index is 0.0813. The molecule has 0 aromatic heterocycles. The van der Waals surface area contributed by atoms with Gasteiger partial charge in [-0.05, 0) is 23.3 Å². The predicted octanol–water partition coefficient (Wildman–Crippen LogP) is 3.31. The van der Waals surface area contributed by atoms with Gasteiger partial charge in [-0.3, -0.25) is 4.79 Å². The van der Waals surface area contributed by atoms with Crippen molar-refractivity contribution < 1.29 is 4.79 Å². The van der Waals surface area contributed by atoms with Gasteiger partial charge in [-0.15, -0.1) is 0 Å². The molecule has 3 rings (SSSR count). The van der Waals surface area contributed by atoms with E-state index in [9.17, 15) is 4.79 Å². The van der Waals surface area contributed by atoms with Crippen molar-refractivity contribution in [3.63, 3.8) is 0 Å². The Morgan fingerprint density at radius 1 is 0.944 bits per heavy atom. The summed E-state index contributed by atoms with van der Waals surface area (Å²) in [4.78, 5) is 13.8. The highest BCUT2D eigenvalue weighted by atomic mass is 16.2. The third-order valence-corrected chi connectivity index (χ3v) is 3.10. The van der Waals surface area contributed by atoms with Crippen LogP contribution in [0.2, 0.25) is 0 Å². The Labute approximate surface area is 106 Å². The summed E-state index contributed by atoms with van der Waals surface area (Å²) in [6.07, 6.45) is 3.82. The van der Waals surface area contributed by atoms with Gasteiger partial charge in [0.2, 0.25) is 0 Å². The van der Waals surface area contributed by atoms with Gasteiger partial charge in [0.1, 0.15) is 0 Å². The molecule has 0 N–H and O–H groups in total. The van der Waals surface area contributed by atoms with E-state index >= 15 is 0 Å². The normalized spacial score (nSPS) is 14.2. The van der Waals surface area contributed by atoms with Crippen LogP contribution in [0.3, 0.4) is 0 Å². The third-order valence-electron chi connectivity index (χ3n) is 3.10. The van der Waals surface area contributed by atoms with Crippen molar-refractivity contribution in [2.24, 2.45) is 0 Å². The van der Waals surface area contributed by atoms with Crippen LogP contribution in [0.15, 0.2) is 60.8 Å². The Bertz CT molecular complexity index is 602. The average molecular weight is 235 g/mol. The van der Waals surface area contributed by atoms with Crippen molar-refractivity contribution >= 4 is 12.0 Å². The molecule has 2 aromatic carbocycles. The van der Waals surface area contributed by atoms with Gasteiger partial charge in [0.25, 0.3) is 5.91 Å². The van der Waals surface area contributed by atoms with Crippen molar-refractivity contribution in [1.29, 1.82) is 0 Å². The lowest BCUT2D eigenvalue weighted by Crippen LogP contribution is -2.16. The van der Waals surface area contributed by atoms with Crippen LogP contribution in [-0.2, 0) is 6.54 Å². The summed E-state index contributed by atoms with van der Waals surface area (Å²) in [5, 5.41) is 0. The maximum Gasteiger partial charge on any atom is 0.258 e. The molecule has 0 fully saturated rings. The lowest BCUT2D eigenvalue weighted by atomic mass is 10.1. The molecule has 0 atom stereocenters. The van der Waals surface area contributed by atoms with Gasteiger partial charge in [0, 0.05) is 11.8 Å². The molecule has 1 aliphatic heterocycles. The number of amides is 1. The monoisotopic (exact) mass is 235 g/mol. The molecule has 2 aromatic rings. The molecule has 2 heteroatoms. The number of hydrogen-bond donors (Lipinski definition) is 0. The molecule has 0 saturated carbocycles. The minimum atomic E-state index is 0.0813. The fourth-order valence-electron chi connectivity index (χ4n) is 2.14. The number of benzene rings is 2. The van der Waals surface area contributed by atoms with Gasteiger partial charge >= 0.3 is 0 Å². The summed E-state index contributed by atoms with van der Waals surface area (Å²) in [5.41, 5.74) is 3.01. The van der Waals surface area contributed by atoms with Crippen LogP contribution in [0.1, 0.15) is 21.5 Å². The van der Waals surface area contributed by atoms with Crippen LogP contribution in [0.4, 0.5) is 0 Å². The summed E-state index contributed by atoms with van der Waals surface area (Å²) < 4.78 is 0. The fraction of sp³-hybridized carbons (Fsp3) is 0.0625. The van der Waals surface area contributed by atoms with Gasteiger partial charge in [-0.2, -0.15) is 0 Å². The first kappa shape index (κ1) is 10.8. The zero-order valence-electron chi connectivity index (χ0n) is 9.91. The van der Waals surface area contributed by atoms with Crippen molar-refractivity contribution in [2.45, 2.75) is 6.54 Å². The Morgan fingerprint density at radius 3 is 2.44 bits per heavy atom. The number of carbonyl (C=O) groups is 1. The Morgan fingerprint density at radius 2 is 1.67 bits per heavy atom. The quantitative estimate of drug-likeness (QED) is 0.782. The highest BCUT2D eigenvalue weighted by Crippen LogP contribution is 2.22. The van der Waals surface area contributed by atoms with Crippen molar-refractivity contribution in [1.82, 2.24) is 4.90 Å². The number of nitrogens with zero attached hydrogens (tertiary/aromatic N) is 1. The maximum absolute atomic E-state index is 12.1. The summed E-state index contributed by atoms with van der Waals surface area (Å²) in [5.74, 6) is 0.0813. The first-order valence-electron chi connectivity index (χ1n) is 5.97. The van der Waals surface area contributed by atoms with Crippen LogP contribution in [0.5, 0.6) is 0 Å². The average Bonchev–Trinajstić information content (AvgIpc) is 2.75. The van der Waals surface area contributed by atoms with Crippen LogP contribution in [-0.4, -0.2) is 10.8 Å². The van der Waals surface area contributed by atoms with E-state index in [-0.39, 0.29) is 5.91 Å². The van der Waals surface area contributed by atoms with Gasteiger partial charge in [0.15, 0.2) is 0 Å². The van der Waals surface area contributed by atoms with E-state index < -0.39 is 0 Å².